The molecule has 0 saturated carbocycles. The lowest BCUT2D eigenvalue weighted by Crippen LogP contribution is -2.29. The smallest absolute Gasteiger partial charge is 0.342 e. The van der Waals surface area contributed by atoms with Crippen LogP contribution in [-0.2, 0) is 21.7 Å². The van der Waals surface area contributed by atoms with Crippen LogP contribution in [-0.4, -0.2) is 26.9 Å². The molecule has 1 atom stereocenters. The molecule has 0 bridgehead atoms. The highest BCUT2D eigenvalue weighted by atomic mass is 32.1. The first-order valence-electron chi connectivity index (χ1n) is 9.60. The van der Waals surface area contributed by atoms with E-state index in [1.165, 1.54) is 11.3 Å². The molecule has 31 heavy (non-hydrogen) atoms. The van der Waals surface area contributed by atoms with E-state index in [1.807, 2.05) is 49.4 Å². The molecular weight excluding hydrogens is 432 g/mol. The third-order valence-corrected chi connectivity index (χ3v) is 6.93. The maximum absolute atomic E-state index is 13.1. The number of fused-ring (bicyclic) bond motifs is 1. The summed E-state index contributed by atoms with van der Waals surface area (Å²) in [4.78, 5) is 14.0. The van der Waals surface area contributed by atoms with Gasteiger partial charge in [0.15, 0.2) is 5.06 Å². The van der Waals surface area contributed by atoms with E-state index in [-0.39, 0.29) is 0 Å². The van der Waals surface area contributed by atoms with E-state index in [4.69, 9.17) is 9.47 Å². The molecule has 0 amide bonds. The number of ether oxygens (including phenoxy) is 2. The van der Waals surface area contributed by atoms with Crippen LogP contribution in [0.25, 0.3) is 16.6 Å². The molecule has 1 unspecified atom stereocenters. The van der Waals surface area contributed by atoms with Crippen molar-refractivity contribution in [2.75, 3.05) is 7.11 Å². The summed E-state index contributed by atoms with van der Waals surface area (Å²) < 4.78 is 19.5. The number of aromatic nitrogens is 2. The van der Waals surface area contributed by atoms with Gasteiger partial charge in [-0.05, 0) is 36.8 Å². The van der Waals surface area contributed by atoms with Crippen molar-refractivity contribution in [1.29, 1.82) is 0 Å². The molecule has 4 aromatic rings. The minimum Gasteiger partial charge on any atom is -0.487 e. The molecule has 156 valence electrons. The van der Waals surface area contributed by atoms with Crippen LogP contribution < -0.4 is 4.74 Å². The largest absolute Gasteiger partial charge is 0.487 e. The van der Waals surface area contributed by atoms with Gasteiger partial charge in [0.05, 0.1) is 24.4 Å². The van der Waals surface area contributed by atoms with Crippen LogP contribution in [0.3, 0.4) is 0 Å². The molecule has 1 aliphatic heterocycles. The lowest BCUT2D eigenvalue weighted by molar-refractivity contribution is -0.185. The van der Waals surface area contributed by atoms with Gasteiger partial charge in [-0.15, -0.1) is 11.3 Å². The van der Waals surface area contributed by atoms with Gasteiger partial charge in [-0.25, -0.2) is 4.79 Å². The summed E-state index contributed by atoms with van der Waals surface area (Å²) in [6.45, 7) is 1.96. The first-order chi connectivity index (χ1) is 15.0. The standard InChI is InChI=1S/C23H18N2O4S2/c1-13-3-6-15(7-4-13)23(27)17(12-16-8-10-20(28-2)30-16)21(22(26)29-23)14-5-9-18-19(11-14)25-31-24-18/h3-11,27H,12H2,1-2H3. The van der Waals surface area contributed by atoms with Crippen molar-refractivity contribution in [3.63, 3.8) is 0 Å². The molecule has 2 aromatic carbocycles. The van der Waals surface area contributed by atoms with Crippen molar-refractivity contribution in [3.05, 3.63) is 81.7 Å². The SMILES string of the molecule is COc1ccc(CC2=C(c3ccc4nsnc4c3)C(=O)OC2(O)c2ccc(C)cc2)s1. The zero-order valence-corrected chi connectivity index (χ0v) is 18.4. The summed E-state index contributed by atoms with van der Waals surface area (Å²) in [7, 11) is 1.61. The van der Waals surface area contributed by atoms with Crippen LogP contribution in [0.2, 0.25) is 0 Å². The molecule has 0 radical (unpaired) electrons. The second-order valence-corrected chi connectivity index (χ2v) is 8.98. The van der Waals surface area contributed by atoms with Crippen molar-refractivity contribution < 1.29 is 19.4 Å². The van der Waals surface area contributed by atoms with Gasteiger partial charge in [-0.1, -0.05) is 35.9 Å². The second-order valence-electron chi connectivity index (χ2n) is 7.32. The van der Waals surface area contributed by atoms with Crippen molar-refractivity contribution in [2.45, 2.75) is 19.1 Å². The Kier molecular flexibility index (Phi) is 4.85. The Hall–Kier alpha value is -3.07. The van der Waals surface area contributed by atoms with E-state index >= 15 is 0 Å². The number of nitrogens with zero attached hydrogens (tertiary/aromatic N) is 2. The first-order valence-corrected chi connectivity index (χ1v) is 11.1. The fourth-order valence-electron chi connectivity index (χ4n) is 3.73. The molecule has 5 rings (SSSR count). The summed E-state index contributed by atoms with van der Waals surface area (Å²) in [5, 5.41) is 12.4. The highest BCUT2D eigenvalue weighted by Gasteiger charge is 2.48. The summed E-state index contributed by atoms with van der Waals surface area (Å²) in [6, 6.07) is 16.6. The van der Waals surface area contributed by atoms with Gasteiger partial charge in [-0.3, -0.25) is 0 Å². The van der Waals surface area contributed by atoms with Crippen LogP contribution in [0.15, 0.2) is 60.2 Å². The normalized spacial score (nSPS) is 18.6. The van der Waals surface area contributed by atoms with E-state index in [2.05, 4.69) is 8.75 Å². The highest BCUT2D eigenvalue weighted by Crippen LogP contribution is 2.45. The van der Waals surface area contributed by atoms with Crippen LogP contribution in [0.4, 0.5) is 0 Å². The number of aryl methyl sites for hydroxylation is 1. The molecule has 1 N–H and O–H groups in total. The van der Waals surface area contributed by atoms with E-state index < -0.39 is 11.8 Å². The maximum atomic E-state index is 13.1. The van der Waals surface area contributed by atoms with Gasteiger partial charge in [0.25, 0.3) is 5.79 Å². The number of thiophene rings is 1. The van der Waals surface area contributed by atoms with E-state index in [0.717, 1.165) is 32.7 Å². The monoisotopic (exact) mass is 450 g/mol. The van der Waals surface area contributed by atoms with Gasteiger partial charge in [-0.2, -0.15) is 8.75 Å². The van der Waals surface area contributed by atoms with Crippen molar-refractivity contribution in [3.8, 4) is 5.06 Å². The van der Waals surface area contributed by atoms with Gasteiger partial charge >= 0.3 is 5.97 Å². The number of aliphatic hydroxyl groups is 1. The number of hydrogen-bond donors (Lipinski definition) is 1. The fraction of sp³-hybridized carbons (Fsp3) is 0.174. The van der Waals surface area contributed by atoms with Gasteiger partial charge < -0.3 is 14.6 Å². The van der Waals surface area contributed by atoms with Crippen molar-refractivity contribution in [2.24, 2.45) is 0 Å². The Balaban J connectivity index is 1.69. The topological polar surface area (TPSA) is 81.5 Å². The molecule has 1 aliphatic rings. The number of carbonyl (C=O) groups excluding carboxylic acids is 1. The Morgan fingerprint density at radius 1 is 1.06 bits per heavy atom. The van der Waals surface area contributed by atoms with Crippen molar-refractivity contribution in [1.82, 2.24) is 8.75 Å². The van der Waals surface area contributed by atoms with Gasteiger partial charge in [0.1, 0.15) is 11.0 Å². The molecule has 0 spiro atoms. The summed E-state index contributed by atoms with van der Waals surface area (Å²) in [5.74, 6) is -2.42. The summed E-state index contributed by atoms with van der Waals surface area (Å²) in [5.41, 5.74) is 4.51. The van der Waals surface area contributed by atoms with E-state index in [9.17, 15) is 9.90 Å². The molecule has 6 nitrogen and oxygen atoms in total. The van der Waals surface area contributed by atoms with E-state index in [1.54, 1.807) is 19.2 Å². The Labute approximate surface area is 186 Å². The summed E-state index contributed by atoms with van der Waals surface area (Å²) in [6.07, 6.45) is 0.340. The Morgan fingerprint density at radius 3 is 2.58 bits per heavy atom. The third kappa shape index (κ3) is 3.42. The number of benzene rings is 2. The number of esters is 1. The minimum absolute atomic E-state index is 0.340. The first kappa shape index (κ1) is 19.9. The maximum Gasteiger partial charge on any atom is 0.342 e. The molecule has 8 heteroatoms. The lowest BCUT2D eigenvalue weighted by atomic mass is 9.89. The quantitative estimate of drug-likeness (QED) is 0.452. The zero-order chi connectivity index (χ0) is 21.6. The number of hydrogen-bond acceptors (Lipinski definition) is 8. The average molecular weight is 451 g/mol. The van der Waals surface area contributed by atoms with Crippen molar-refractivity contribution >= 4 is 45.6 Å². The molecule has 3 heterocycles. The third-order valence-electron chi connectivity index (χ3n) is 5.33. The Bertz CT molecular complexity index is 1320. The lowest BCUT2D eigenvalue weighted by Gasteiger charge is -2.25. The number of methoxy groups -OCH3 is 1. The van der Waals surface area contributed by atoms with Crippen LogP contribution >= 0.6 is 23.1 Å². The molecule has 0 saturated heterocycles. The van der Waals surface area contributed by atoms with E-state index in [0.29, 0.717) is 34.2 Å². The predicted octanol–water partition coefficient (Wildman–Crippen LogP) is 4.47. The fourth-order valence-corrected chi connectivity index (χ4v) is 5.07. The minimum atomic E-state index is -1.85. The number of carbonyl (C=O) groups is 1. The number of cyclic esters (lactones) is 1. The van der Waals surface area contributed by atoms with Gasteiger partial charge in [0, 0.05) is 22.4 Å². The average Bonchev–Trinajstić information content (AvgIpc) is 3.47. The van der Waals surface area contributed by atoms with Crippen LogP contribution in [0, 0.1) is 6.92 Å². The van der Waals surface area contributed by atoms with Crippen LogP contribution in [0.1, 0.15) is 21.6 Å². The van der Waals surface area contributed by atoms with Crippen LogP contribution in [0.5, 0.6) is 5.06 Å². The molecule has 2 aromatic heterocycles. The van der Waals surface area contributed by atoms with Gasteiger partial charge in [0.2, 0.25) is 0 Å². The Morgan fingerprint density at radius 2 is 1.84 bits per heavy atom. The zero-order valence-electron chi connectivity index (χ0n) is 16.8. The highest BCUT2D eigenvalue weighted by molar-refractivity contribution is 7.13. The predicted molar refractivity (Wildman–Crippen MR) is 120 cm³/mol. The molecular formula is C23H18N2O4S2. The molecule has 0 aliphatic carbocycles. The molecule has 0 fully saturated rings. The summed E-state index contributed by atoms with van der Waals surface area (Å²) >= 11 is 2.58. The number of rotatable bonds is 5. The second kappa shape index (κ2) is 7.56.